The maximum Gasteiger partial charge on any atom is 0.244 e. The second-order valence-electron chi connectivity index (χ2n) is 5.31. The molecule has 0 aromatic heterocycles. The van der Waals surface area contributed by atoms with Crippen molar-refractivity contribution in [3.8, 4) is 0 Å². The zero-order valence-corrected chi connectivity index (χ0v) is 12.5. The average molecular weight is 308 g/mol. The van der Waals surface area contributed by atoms with Crippen molar-refractivity contribution < 1.29 is 13.6 Å². The molecular weight excluding hydrogens is 290 g/mol. The summed E-state index contributed by atoms with van der Waals surface area (Å²) in [6, 6.07) is 6.42. The van der Waals surface area contributed by atoms with E-state index in [9.17, 15) is 13.6 Å². The average Bonchev–Trinajstić information content (AvgIpc) is 2.90. The summed E-state index contributed by atoms with van der Waals surface area (Å²) in [4.78, 5) is 16.8. The quantitative estimate of drug-likeness (QED) is 0.792. The van der Waals surface area contributed by atoms with Gasteiger partial charge in [0.1, 0.15) is 0 Å². The third kappa shape index (κ3) is 3.01. The molecular formula is C14H18N3O3S-. The molecule has 0 aliphatic carbocycles. The fraction of sp³-hybridized carbons (Fsp3) is 0.500. The van der Waals surface area contributed by atoms with Crippen LogP contribution in [0.2, 0.25) is 0 Å². The van der Waals surface area contributed by atoms with Crippen LogP contribution in [0.4, 0.5) is 5.69 Å². The van der Waals surface area contributed by atoms with E-state index >= 15 is 0 Å². The van der Waals surface area contributed by atoms with E-state index in [0.717, 1.165) is 38.3 Å². The number of hydrogen-bond donors (Lipinski definition) is 1. The molecule has 1 unspecified atom stereocenters. The van der Waals surface area contributed by atoms with Crippen molar-refractivity contribution in [1.82, 2.24) is 10.2 Å². The lowest BCUT2D eigenvalue weighted by atomic mass is 10.2. The summed E-state index contributed by atoms with van der Waals surface area (Å²) in [6.07, 6.45) is 0.827. The van der Waals surface area contributed by atoms with E-state index in [1.54, 1.807) is 17.0 Å². The maximum absolute atomic E-state index is 12.6. The van der Waals surface area contributed by atoms with E-state index in [0.29, 0.717) is 6.54 Å². The molecule has 1 aromatic rings. The van der Waals surface area contributed by atoms with Gasteiger partial charge in [0.15, 0.2) is 0 Å². The smallest absolute Gasteiger partial charge is 0.244 e. The molecule has 3 rings (SSSR count). The molecule has 0 radical (unpaired) electrons. The Bertz CT molecular complexity index is 543. The first kappa shape index (κ1) is 14.6. The minimum atomic E-state index is -2.23. The van der Waals surface area contributed by atoms with Crippen LogP contribution in [-0.4, -0.2) is 58.3 Å². The molecule has 1 amide bonds. The van der Waals surface area contributed by atoms with E-state index < -0.39 is 11.1 Å². The molecule has 2 aliphatic heterocycles. The van der Waals surface area contributed by atoms with Crippen molar-refractivity contribution in [2.45, 2.75) is 17.4 Å². The van der Waals surface area contributed by atoms with Gasteiger partial charge in [0.25, 0.3) is 0 Å². The van der Waals surface area contributed by atoms with E-state index in [4.69, 9.17) is 0 Å². The molecule has 0 saturated carbocycles. The number of nitrogens with one attached hydrogen (secondary N) is 1. The third-order valence-electron chi connectivity index (χ3n) is 4.11. The molecule has 6 nitrogen and oxygen atoms in total. The van der Waals surface area contributed by atoms with Gasteiger partial charge < -0.3 is 14.8 Å². The summed E-state index contributed by atoms with van der Waals surface area (Å²) in [6.45, 7) is 4.34. The van der Waals surface area contributed by atoms with E-state index in [-0.39, 0.29) is 16.8 Å². The number of benzene rings is 1. The second kappa shape index (κ2) is 6.23. The monoisotopic (exact) mass is 308 g/mol. The largest absolute Gasteiger partial charge is 0.768 e. The molecule has 114 valence electrons. The predicted octanol–water partition coefficient (Wildman–Crippen LogP) is -0.0649. The SMILES string of the molecule is O=C1[C@@H](N2CCNCC2)CCN1c1ccc(S(=O)[O-])cc1. The molecule has 2 atom stereocenters. The van der Waals surface area contributed by atoms with Gasteiger partial charge in [-0.25, -0.2) is 0 Å². The van der Waals surface area contributed by atoms with Crippen molar-refractivity contribution in [1.29, 1.82) is 0 Å². The Hall–Kier alpha value is -1.28. The van der Waals surface area contributed by atoms with Crippen LogP contribution in [0.25, 0.3) is 0 Å². The fourth-order valence-electron chi connectivity index (χ4n) is 2.99. The summed E-state index contributed by atoms with van der Waals surface area (Å²) in [7, 11) is 0. The Kier molecular flexibility index (Phi) is 4.34. The van der Waals surface area contributed by atoms with E-state index in [2.05, 4.69) is 10.2 Å². The molecule has 7 heteroatoms. The minimum absolute atomic E-state index is 0.0413. The lowest BCUT2D eigenvalue weighted by molar-refractivity contribution is -0.121. The number of amides is 1. The number of piperazine rings is 1. The second-order valence-corrected chi connectivity index (χ2v) is 6.25. The number of carbonyl (C=O) groups excluding carboxylic acids is 1. The van der Waals surface area contributed by atoms with E-state index in [1.807, 2.05) is 0 Å². The topological polar surface area (TPSA) is 75.7 Å². The van der Waals surface area contributed by atoms with Crippen LogP contribution in [-0.2, 0) is 15.9 Å². The van der Waals surface area contributed by atoms with Crippen LogP contribution in [0.3, 0.4) is 0 Å². The summed E-state index contributed by atoms with van der Waals surface area (Å²) >= 11 is -2.23. The number of hydrogen-bond acceptors (Lipinski definition) is 5. The molecule has 2 fully saturated rings. The summed E-state index contributed by atoms with van der Waals surface area (Å²) in [5.41, 5.74) is 0.770. The van der Waals surface area contributed by atoms with Crippen LogP contribution in [0.1, 0.15) is 6.42 Å². The highest BCUT2D eigenvalue weighted by atomic mass is 32.2. The maximum atomic E-state index is 12.6. The summed E-state index contributed by atoms with van der Waals surface area (Å²) < 4.78 is 21.7. The molecule has 0 bridgehead atoms. The van der Waals surface area contributed by atoms with Crippen molar-refractivity contribution in [3.05, 3.63) is 24.3 Å². The van der Waals surface area contributed by atoms with Crippen molar-refractivity contribution >= 4 is 22.7 Å². The van der Waals surface area contributed by atoms with Crippen molar-refractivity contribution in [2.24, 2.45) is 0 Å². The Morgan fingerprint density at radius 2 is 1.81 bits per heavy atom. The van der Waals surface area contributed by atoms with Gasteiger partial charge in [0.05, 0.1) is 6.04 Å². The standard InChI is InChI=1S/C14H19N3O3S/c18-14-13(16-9-6-15-7-10-16)5-8-17(14)11-1-3-12(4-2-11)21(19)20/h1-4,13,15H,5-10H2,(H,19,20)/p-1/t13-/m0/s1. The van der Waals surface area contributed by atoms with Crippen LogP contribution >= 0.6 is 0 Å². The van der Waals surface area contributed by atoms with E-state index in [1.165, 1.54) is 12.1 Å². The summed E-state index contributed by atoms with van der Waals surface area (Å²) in [5, 5.41) is 3.29. The number of carbonyl (C=O) groups is 1. The highest BCUT2D eigenvalue weighted by Gasteiger charge is 2.36. The van der Waals surface area contributed by atoms with Gasteiger partial charge in [-0.3, -0.25) is 13.9 Å². The lowest BCUT2D eigenvalue weighted by Crippen LogP contribution is -2.51. The first-order valence-corrected chi connectivity index (χ1v) is 8.20. The van der Waals surface area contributed by atoms with Gasteiger partial charge in [-0.15, -0.1) is 0 Å². The van der Waals surface area contributed by atoms with Crippen LogP contribution in [0, 0.1) is 0 Å². The predicted molar refractivity (Wildman–Crippen MR) is 78.8 cm³/mol. The molecule has 0 spiro atoms. The highest BCUT2D eigenvalue weighted by Crippen LogP contribution is 2.25. The van der Waals surface area contributed by atoms with Crippen LogP contribution in [0.15, 0.2) is 29.2 Å². The van der Waals surface area contributed by atoms with Crippen molar-refractivity contribution in [3.63, 3.8) is 0 Å². The minimum Gasteiger partial charge on any atom is -0.768 e. The lowest BCUT2D eigenvalue weighted by Gasteiger charge is -2.31. The zero-order valence-electron chi connectivity index (χ0n) is 11.7. The fourth-order valence-corrected chi connectivity index (χ4v) is 3.35. The van der Waals surface area contributed by atoms with Gasteiger partial charge in [-0.1, -0.05) is 0 Å². The normalized spacial score (nSPS) is 25.3. The zero-order chi connectivity index (χ0) is 14.8. The highest BCUT2D eigenvalue weighted by molar-refractivity contribution is 7.79. The van der Waals surface area contributed by atoms with Gasteiger partial charge in [-0.05, 0) is 41.8 Å². The number of nitrogens with zero attached hydrogens (tertiary/aromatic N) is 2. The Morgan fingerprint density at radius 3 is 2.43 bits per heavy atom. The van der Waals surface area contributed by atoms with Gasteiger partial charge in [-0.2, -0.15) is 0 Å². The van der Waals surface area contributed by atoms with Gasteiger partial charge in [0.2, 0.25) is 5.91 Å². The van der Waals surface area contributed by atoms with Crippen LogP contribution in [0.5, 0.6) is 0 Å². The molecule has 2 aliphatic rings. The third-order valence-corrected chi connectivity index (χ3v) is 4.77. The van der Waals surface area contributed by atoms with Gasteiger partial charge in [0, 0.05) is 43.3 Å². The molecule has 1 aromatic carbocycles. The molecule has 2 saturated heterocycles. The first-order chi connectivity index (χ1) is 10.2. The number of rotatable bonds is 3. The number of anilines is 1. The first-order valence-electron chi connectivity index (χ1n) is 7.12. The Labute approximate surface area is 126 Å². The molecule has 1 N–H and O–H groups in total. The molecule has 21 heavy (non-hydrogen) atoms. The van der Waals surface area contributed by atoms with Gasteiger partial charge >= 0.3 is 0 Å². The Balaban J connectivity index is 1.72. The summed E-state index contributed by atoms with van der Waals surface area (Å²) in [5.74, 6) is 0.118. The molecule has 2 heterocycles. The van der Waals surface area contributed by atoms with Crippen molar-refractivity contribution in [2.75, 3.05) is 37.6 Å². The van der Waals surface area contributed by atoms with Crippen LogP contribution < -0.4 is 10.2 Å². The Morgan fingerprint density at radius 1 is 1.14 bits per heavy atom.